The lowest BCUT2D eigenvalue weighted by Gasteiger charge is -2.28. The molecule has 0 spiro atoms. The fraction of sp³-hybridized carbons (Fsp3) is 0.0492. The van der Waals surface area contributed by atoms with E-state index in [9.17, 15) is 0 Å². The molecule has 6 aromatic carbocycles. The van der Waals surface area contributed by atoms with Crippen LogP contribution in [0.3, 0.4) is 0 Å². The molecule has 0 saturated carbocycles. The molecular formula is C61H54N8. The monoisotopic (exact) mass is 898 g/mol. The van der Waals surface area contributed by atoms with Crippen molar-refractivity contribution < 1.29 is 0 Å². The Morgan fingerprint density at radius 2 is 1.23 bits per heavy atom. The minimum absolute atomic E-state index is 0.628. The zero-order chi connectivity index (χ0) is 48.0. The number of nitrogens with zero attached hydrogens (tertiary/aromatic N) is 8. The van der Waals surface area contributed by atoms with Gasteiger partial charge < -0.3 is 9.80 Å². The van der Waals surface area contributed by atoms with E-state index in [-0.39, 0.29) is 0 Å². The quantitative estimate of drug-likeness (QED) is 0.0460. The van der Waals surface area contributed by atoms with Crippen LogP contribution in [0.25, 0.3) is 27.9 Å². The van der Waals surface area contributed by atoms with Gasteiger partial charge in [-0.05, 0) is 139 Å². The molecule has 338 valence electrons. The lowest BCUT2D eigenvalue weighted by atomic mass is 9.98. The van der Waals surface area contributed by atoms with E-state index >= 15 is 0 Å². The Bertz CT molecular complexity index is 3220. The summed E-state index contributed by atoms with van der Waals surface area (Å²) in [5, 5.41) is 20.0. The van der Waals surface area contributed by atoms with E-state index < -0.39 is 0 Å². The second kappa shape index (κ2) is 22.4. The second-order valence-electron chi connectivity index (χ2n) is 16.0. The third-order valence-corrected chi connectivity index (χ3v) is 11.3. The molecule has 1 aliphatic carbocycles. The van der Waals surface area contributed by atoms with Crippen LogP contribution in [0.2, 0.25) is 0 Å². The van der Waals surface area contributed by atoms with Gasteiger partial charge in [0.2, 0.25) is 0 Å². The molecule has 69 heavy (non-hydrogen) atoms. The van der Waals surface area contributed by atoms with Crippen LogP contribution in [0.1, 0.15) is 30.9 Å². The van der Waals surface area contributed by atoms with Crippen molar-refractivity contribution in [1.82, 2.24) is 15.0 Å². The predicted molar refractivity (Wildman–Crippen MR) is 294 cm³/mol. The van der Waals surface area contributed by atoms with Crippen LogP contribution in [0.15, 0.2) is 272 Å². The van der Waals surface area contributed by atoms with E-state index in [1.54, 1.807) is 22.1 Å². The normalized spacial score (nSPS) is 13.6. The standard InChI is InChI=1S/C61H54N8/c1-7-22-48(50-25-21-32-57(44-50)66(53-26-14-11-15-27-53)55-38-36-51(37-39-55)63-68(62-6)56-30-18-13-19-31-56)35-34-46(5)42-47(9-3)49-24-20-33-58(43-49)67(54-28-16-12-17-29-54)59-40-41-60-61(45-59)65-69(64-60)52(10-4)23-8-2/h7-33,35-36,38-45H,2-6,34,37H2,1H3/b22-7-,47-42+,48-35+,52-23+,63-51-. The Kier molecular flexibility index (Phi) is 15.0. The Morgan fingerprint density at radius 1 is 0.638 bits per heavy atom. The van der Waals surface area contributed by atoms with Gasteiger partial charge in [-0.3, -0.25) is 0 Å². The third-order valence-electron chi connectivity index (χ3n) is 11.3. The van der Waals surface area contributed by atoms with Crippen LogP contribution in [-0.2, 0) is 0 Å². The number of allylic oxidation sites excluding steroid dienone is 15. The van der Waals surface area contributed by atoms with Gasteiger partial charge in [0.05, 0.1) is 17.1 Å². The first-order chi connectivity index (χ1) is 33.9. The summed E-state index contributed by atoms with van der Waals surface area (Å²) < 4.78 is 0. The van der Waals surface area contributed by atoms with E-state index in [1.807, 2.05) is 85.8 Å². The van der Waals surface area contributed by atoms with E-state index in [2.05, 4.69) is 187 Å². The van der Waals surface area contributed by atoms with Crippen LogP contribution in [0.4, 0.5) is 34.1 Å². The first kappa shape index (κ1) is 46.4. The van der Waals surface area contributed by atoms with Gasteiger partial charge >= 0.3 is 0 Å². The highest BCUT2D eigenvalue weighted by Gasteiger charge is 2.18. The molecule has 8 rings (SSSR count). The van der Waals surface area contributed by atoms with Gasteiger partial charge in [0.1, 0.15) is 11.0 Å². The van der Waals surface area contributed by atoms with Crippen LogP contribution in [-0.4, -0.2) is 27.4 Å². The highest BCUT2D eigenvalue weighted by Crippen LogP contribution is 2.38. The predicted octanol–water partition coefficient (Wildman–Crippen LogP) is 15.7. The number of rotatable bonds is 19. The Labute approximate surface area is 405 Å². The number of hydrazone groups is 2. The molecule has 8 nitrogen and oxygen atoms in total. The summed E-state index contributed by atoms with van der Waals surface area (Å²) in [6.45, 7) is 22.3. The lowest BCUT2D eigenvalue weighted by Crippen LogP contribution is -2.18. The Balaban J connectivity index is 1.05. The van der Waals surface area contributed by atoms with E-state index in [0.29, 0.717) is 12.8 Å². The molecule has 0 radical (unpaired) electrons. The van der Waals surface area contributed by atoms with Gasteiger partial charge in [-0.2, -0.15) is 20.1 Å². The fourth-order valence-corrected chi connectivity index (χ4v) is 8.05. The van der Waals surface area contributed by atoms with Crippen molar-refractivity contribution in [3.05, 3.63) is 273 Å². The second-order valence-corrected chi connectivity index (χ2v) is 16.0. The van der Waals surface area contributed by atoms with Crippen molar-refractivity contribution >= 4 is 74.4 Å². The molecular weight excluding hydrogens is 845 g/mol. The van der Waals surface area contributed by atoms with Gasteiger partial charge in [-0.1, -0.05) is 153 Å². The highest BCUT2D eigenvalue weighted by molar-refractivity contribution is 5.99. The Hall–Kier alpha value is -9.14. The topological polar surface area (TPSA) is 65.2 Å². The molecule has 1 heterocycles. The smallest absolute Gasteiger partial charge is 0.115 e. The largest absolute Gasteiger partial charge is 0.311 e. The number of benzene rings is 6. The van der Waals surface area contributed by atoms with Gasteiger partial charge in [-0.15, -0.1) is 10.2 Å². The van der Waals surface area contributed by atoms with Crippen LogP contribution in [0, 0.1) is 0 Å². The van der Waals surface area contributed by atoms with Gasteiger partial charge in [-0.25, -0.2) is 0 Å². The average molecular weight is 899 g/mol. The highest BCUT2D eigenvalue weighted by atomic mass is 15.7. The number of fused-ring (bicyclic) bond motifs is 1. The molecule has 0 N–H and O–H groups in total. The van der Waals surface area contributed by atoms with Crippen LogP contribution < -0.4 is 14.9 Å². The molecule has 0 unspecified atom stereocenters. The van der Waals surface area contributed by atoms with Crippen molar-refractivity contribution in [3.8, 4) is 0 Å². The number of hydrogen-bond acceptors (Lipinski definition) is 7. The molecule has 7 aromatic rings. The molecule has 0 saturated heterocycles. The lowest BCUT2D eigenvalue weighted by molar-refractivity contribution is 0.791. The van der Waals surface area contributed by atoms with E-state index in [4.69, 9.17) is 10.2 Å². The summed E-state index contributed by atoms with van der Waals surface area (Å²) in [5.41, 5.74) is 15.2. The molecule has 0 atom stereocenters. The van der Waals surface area contributed by atoms with Crippen molar-refractivity contribution in [1.29, 1.82) is 0 Å². The first-order valence-electron chi connectivity index (χ1n) is 22.8. The molecule has 0 amide bonds. The molecule has 0 fully saturated rings. The molecule has 0 aliphatic heterocycles. The van der Waals surface area contributed by atoms with Gasteiger partial charge in [0.25, 0.3) is 0 Å². The molecule has 1 aromatic heterocycles. The summed E-state index contributed by atoms with van der Waals surface area (Å²) >= 11 is 0. The van der Waals surface area contributed by atoms with Gasteiger partial charge in [0.15, 0.2) is 0 Å². The molecule has 0 bridgehead atoms. The van der Waals surface area contributed by atoms with Crippen LogP contribution >= 0.6 is 0 Å². The third kappa shape index (κ3) is 11.1. The zero-order valence-electron chi connectivity index (χ0n) is 38.9. The summed E-state index contributed by atoms with van der Waals surface area (Å²) in [6.07, 6.45) is 23.3. The van der Waals surface area contributed by atoms with Crippen molar-refractivity contribution in [2.24, 2.45) is 10.2 Å². The van der Waals surface area contributed by atoms with Gasteiger partial charge in [0, 0.05) is 47.3 Å². The maximum Gasteiger partial charge on any atom is 0.115 e. The summed E-state index contributed by atoms with van der Waals surface area (Å²) in [4.78, 5) is 6.08. The maximum absolute atomic E-state index is 4.78. The van der Waals surface area contributed by atoms with Crippen molar-refractivity contribution in [2.75, 3.05) is 14.9 Å². The number of aromatic nitrogens is 3. The number of para-hydroxylation sites is 3. The van der Waals surface area contributed by atoms with Crippen molar-refractivity contribution in [2.45, 2.75) is 19.8 Å². The SMILES string of the molecule is C=C/C=C(\C=C)n1nc2ccc(N(c3ccccc3)c3cccc(/C(C=C)=C/C(=C)C/C=C(\C=C/C)c4cccc(N(C5=CC/C(=N\N(N=C)c6ccccc6)C=C5)c5ccccc5)c4)c3)cc2n1. The number of anilines is 6. The summed E-state index contributed by atoms with van der Waals surface area (Å²) in [5.74, 6) is 0. The molecule has 1 aliphatic rings. The maximum atomic E-state index is 4.78. The molecule has 8 heteroatoms. The Morgan fingerprint density at radius 3 is 1.83 bits per heavy atom. The summed E-state index contributed by atoms with van der Waals surface area (Å²) in [6, 6.07) is 53.8. The fourth-order valence-electron chi connectivity index (χ4n) is 8.05. The summed E-state index contributed by atoms with van der Waals surface area (Å²) in [7, 11) is 0. The number of hydrogen-bond donors (Lipinski definition) is 0. The van der Waals surface area contributed by atoms with E-state index in [0.717, 1.165) is 90.1 Å². The van der Waals surface area contributed by atoms with E-state index in [1.165, 1.54) is 0 Å². The zero-order valence-corrected chi connectivity index (χ0v) is 38.9. The van der Waals surface area contributed by atoms with Crippen molar-refractivity contribution in [3.63, 3.8) is 0 Å². The average Bonchev–Trinajstić information content (AvgIpc) is 3.83. The minimum Gasteiger partial charge on any atom is -0.311 e. The van der Waals surface area contributed by atoms with Crippen LogP contribution in [0.5, 0.6) is 0 Å². The minimum atomic E-state index is 0.628. The first-order valence-corrected chi connectivity index (χ1v) is 22.8.